The minimum absolute atomic E-state index is 0.165. The van der Waals surface area contributed by atoms with Crippen LogP contribution in [0.3, 0.4) is 0 Å². The van der Waals surface area contributed by atoms with E-state index >= 15 is 0 Å². The first-order chi connectivity index (χ1) is 14.0. The zero-order valence-corrected chi connectivity index (χ0v) is 17.6. The molecule has 1 aliphatic rings. The predicted molar refractivity (Wildman–Crippen MR) is 114 cm³/mol. The first kappa shape index (κ1) is 21.6. The lowest BCUT2D eigenvalue weighted by molar-refractivity contribution is -0.117. The smallest absolute Gasteiger partial charge is 0.255 e. The van der Waals surface area contributed by atoms with Crippen LogP contribution in [-0.2, 0) is 9.53 Å². The molecule has 2 amide bonds. The lowest BCUT2D eigenvalue weighted by Crippen LogP contribution is -2.33. The fourth-order valence-electron chi connectivity index (χ4n) is 3.29. The Bertz CT molecular complexity index is 885. The monoisotopic (exact) mass is 435 g/mol. The van der Waals surface area contributed by atoms with Crippen LogP contribution in [0.15, 0.2) is 42.5 Å². The van der Waals surface area contributed by atoms with Crippen LogP contribution in [0.25, 0.3) is 0 Å². The lowest BCUT2D eigenvalue weighted by atomic mass is 10.1. The third-order valence-corrected chi connectivity index (χ3v) is 5.19. The van der Waals surface area contributed by atoms with Gasteiger partial charge >= 0.3 is 0 Å². The van der Waals surface area contributed by atoms with E-state index in [2.05, 4.69) is 15.5 Å². The molecule has 1 fully saturated rings. The molecule has 0 aromatic heterocycles. The van der Waals surface area contributed by atoms with E-state index in [1.165, 1.54) is 13.2 Å². The molecule has 6 nitrogen and oxygen atoms in total. The third-order valence-electron chi connectivity index (χ3n) is 4.72. The first-order valence-electron chi connectivity index (χ1n) is 9.37. The zero-order chi connectivity index (χ0) is 20.8. The minimum Gasteiger partial charge on any atom is -0.357 e. The molecule has 1 heterocycles. The summed E-state index contributed by atoms with van der Waals surface area (Å²) in [6.45, 7) is 2.12. The molecule has 2 N–H and O–H groups in total. The summed E-state index contributed by atoms with van der Waals surface area (Å²) in [5.74, 6) is -0.586. The summed E-state index contributed by atoms with van der Waals surface area (Å²) < 4.78 is 5.41. The molecule has 0 aliphatic carbocycles. The van der Waals surface area contributed by atoms with Gasteiger partial charge in [0.25, 0.3) is 5.91 Å². The van der Waals surface area contributed by atoms with E-state index in [1.54, 1.807) is 36.4 Å². The molecule has 0 saturated carbocycles. The number of hydrogen-bond donors (Lipinski definition) is 2. The minimum atomic E-state index is -0.701. The van der Waals surface area contributed by atoms with Crippen molar-refractivity contribution < 1.29 is 14.3 Å². The highest BCUT2D eigenvalue weighted by atomic mass is 35.5. The van der Waals surface area contributed by atoms with E-state index < -0.39 is 12.1 Å². The molecule has 0 spiro atoms. The van der Waals surface area contributed by atoms with E-state index in [0.29, 0.717) is 27.8 Å². The standard InChI is InChI=1S/C21H23Cl2N3O3/c1-29-21(14-5-4-6-15(22)11-14)25-20(28)17-12-16(23)7-8-18(17)24-19(27)13-26-9-2-3-10-26/h4-8,11-12,21H,2-3,9-10,13H2,1H3,(H,24,27)(H,25,28). The van der Waals surface area contributed by atoms with Crippen molar-refractivity contribution in [3.05, 3.63) is 63.6 Å². The molecule has 0 bridgehead atoms. The lowest BCUT2D eigenvalue weighted by Gasteiger charge is -2.20. The zero-order valence-electron chi connectivity index (χ0n) is 16.1. The number of halogens is 2. The van der Waals surface area contributed by atoms with Crippen LogP contribution >= 0.6 is 23.2 Å². The van der Waals surface area contributed by atoms with Gasteiger partial charge in [-0.05, 0) is 56.3 Å². The molecule has 8 heteroatoms. The van der Waals surface area contributed by atoms with Gasteiger partial charge in [0, 0.05) is 22.7 Å². The summed E-state index contributed by atoms with van der Waals surface area (Å²) in [6.07, 6.45) is 1.50. The van der Waals surface area contributed by atoms with Gasteiger partial charge in [0.2, 0.25) is 5.91 Å². The topological polar surface area (TPSA) is 70.7 Å². The molecule has 1 unspecified atom stereocenters. The Kier molecular flexibility index (Phi) is 7.50. The molecular formula is C21H23Cl2N3O3. The van der Waals surface area contributed by atoms with Crippen molar-refractivity contribution in [1.82, 2.24) is 10.2 Å². The number of hydrogen-bond acceptors (Lipinski definition) is 4. The highest BCUT2D eigenvalue weighted by molar-refractivity contribution is 6.31. The molecule has 0 radical (unpaired) electrons. The largest absolute Gasteiger partial charge is 0.357 e. The van der Waals surface area contributed by atoms with Crippen LogP contribution < -0.4 is 10.6 Å². The van der Waals surface area contributed by atoms with Gasteiger partial charge in [0.1, 0.15) is 0 Å². The molecule has 1 saturated heterocycles. The van der Waals surface area contributed by atoms with Gasteiger partial charge in [-0.15, -0.1) is 0 Å². The van der Waals surface area contributed by atoms with Gasteiger partial charge in [-0.3, -0.25) is 14.5 Å². The van der Waals surface area contributed by atoms with Crippen molar-refractivity contribution in [3.8, 4) is 0 Å². The highest BCUT2D eigenvalue weighted by Gasteiger charge is 2.21. The van der Waals surface area contributed by atoms with Crippen LogP contribution in [0.4, 0.5) is 5.69 Å². The van der Waals surface area contributed by atoms with Gasteiger partial charge in [-0.25, -0.2) is 0 Å². The Labute approximate surface area is 180 Å². The van der Waals surface area contributed by atoms with Crippen molar-refractivity contribution in [2.45, 2.75) is 19.1 Å². The molecule has 3 rings (SSSR count). The number of carbonyl (C=O) groups is 2. The van der Waals surface area contributed by atoms with Crippen LogP contribution in [0.1, 0.15) is 35.0 Å². The number of anilines is 1. The van der Waals surface area contributed by atoms with E-state index in [0.717, 1.165) is 25.9 Å². The summed E-state index contributed by atoms with van der Waals surface area (Å²) in [5.41, 5.74) is 1.36. The number of carbonyl (C=O) groups excluding carboxylic acids is 2. The molecule has 2 aromatic rings. The summed E-state index contributed by atoms with van der Waals surface area (Å²) in [4.78, 5) is 27.4. The Morgan fingerprint density at radius 2 is 1.83 bits per heavy atom. The highest BCUT2D eigenvalue weighted by Crippen LogP contribution is 2.23. The number of methoxy groups -OCH3 is 1. The van der Waals surface area contributed by atoms with E-state index in [4.69, 9.17) is 27.9 Å². The van der Waals surface area contributed by atoms with Crippen molar-refractivity contribution in [2.24, 2.45) is 0 Å². The SMILES string of the molecule is COC(NC(=O)c1cc(Cl)ccc1NC(=O)CN1CCCC1)c1cccc(Cl)c1. The summed E-state index contributed by atoms with van der Waals surface area (Å²) >= 11 is 12.1. The fraction of sp³-hybridized carbons (Fsp3) is 0.333. The van der Waals surface area contributed by atoms with Crippen LogP contribution in [0, 0.1) is 0 Å². The van der Waals surface area contributed by atoms with Crippen molar-refractivity contribution in [3.63, 3.8) is 0 Å². The number of nitrogens with one attached hydrogen (secondary N) is 2. The number of rotatable bonds is 7. The van der Waals surface area contributed by atoms with E-state index in [1.807, 2.05) is 0 Å². The Balaban J connectivity index is 1.75. The van der Waals surface area contributed by atoms with E-state index in [9.17, 15) is 9.59 Å². The predicted octanol–water partition coefficient (Wildman–Crippen LogP) is 4.10. The average Bonchev–Trinajstić information content (AvgIpc) is 3.20. The number of amides is 2. The maximum absolute atomic E-state index is 12.9. The molecular weight excluding hydrogens is 413 g/mol. The second-order valence-corrected chi connectivity index (χ2v) is 7.74. The van der Waals surface area contributed by atoms with Crippen LogP contribution in [0.5, 0.6) is 0 Å². The first-order valence-corrected chi connectivity index (χ1v) is 10.1. The molecule has 1 aliphatic heterocycles. The van der Waals surface area contributed by atoms with Gasteiger partial charge in [0.05, 0.1) is 17.8 Å². The van der Waals surface area contributed by atoms with Crippen molar-refractivity contribution in [1.29, 1.82) is 0 Å². The molecule has 2 aromatic carbocycles. The second-order valence-electron chi connectivity index (χ2n) is 6.87. The molecule has 29 heavy (non-hydrogen) atoms. The average molecular weight is 436 g/mol. The molecule has 1 atom stereocenters. The summed E-state index contributed by atoms with van der Waals surface area (Å²) in [7, 11) is 1.49. The van der Waals surface area contributed by atoms with E-state index in [-0.39, 0.29) is 11.5 Å². The fourth-order valence-corrected chi connectivity index (χ4v) is 3.66. The summed E-state index contributed by atoms with van der Waals surface area (Å²) in [5, 5.41) is 6.56. The number of benzene rings is 2. The van der Waals surface area contributed by atoms with Gasteiger partial charge < -0.3 is 15.4 Å². The second kappa shape index (κ2) is 10.1. The van der Waals surface area contributed by atoms with Gasteiger partial charge in [-0.2, -0.15) is 0 Å². The van der Waals surface area contributed by atoms with Gasteiger partial charge in [-0.1, -0.05) is 35.3 Å². The third kappa shape index (κ3) is 5.93. The summed E-state index contributed by atoms with van der Waals surface area (Å²) in [6, 6.07) is 11.8. The van der Waals surface area contributed by atoms with Crippen LogP contribution in [-0.4, -0.2) is 43.5 Å². The Morgan fingerprint density at radius 3 is 2.52 bits per heavy atom. The van der Waals surface area contributed by atoms with Crippen molar-refractivity contribution >= 4 is 40.7 Å². The quantitative estimate of drug-likeness (QED) is 0.642. The van der Waals surface area contributed by atoms with Crippen molar-refractivity contribution in [2.75, 3.05) is 32.1 Å². The number of nitrogens with zero attached hydrogens (tertiary/aromatic N) is 1. The Hall–Kier alpha value is -2.12. The Morgan fingerprint density at radius 1 is 1.10 bits per heavy atom. The van der Waals surface area contributed by atoms with Gasteiger partial charge in [0.15, 0.2) is 6.23 Å². The van der Waals surface area contributed by atoms with Crippen LogP contribution in [0.2, 0.25) is 10.0 Å². The maximum atomic E-state index is 12.9. The maximum Gasteiger partial charge on any atom is 0.255 e. The number of likely N-dealkylation sites (tertiary alicyclic amines) is 1. The molecule has 154 valence electrons. The normalized spacial score (nSPS) is 15.1. The number of ether oxygens (including phenoxy) is 1.